The van der Waals surface area contributed by atoms with Gasteiger partial charge >= 0.3 is 0 Å². The maximum Gasteiger partial charge on any atom is 0.166 e. The number of azide groups is 2. The Kier molecular flexibility index (Phi) is 4.32. The lowest BCUT2D eigenvalue weighted by molar-refractivity contribution is -0.108. The van der Waals surface area contributed by atoms with Crippen molar-refractivity contribution in [3.05, 3.63) is 20.9 Å². The van der Waals surface area contributed by atoms with Gasteiger partial charge in [0.05, 0.1) is 24.9 Å². The van der Waals surface area contributed by atoms with Gasteiger partial charge in [0.15, 0.2) is 6.29 Å². The molecule has 1 aliphatic rings. The van der Waals surface area contributed by atoms with Crippen LogP contribution in [0.25, 0.3) is 20.9 Å². The van der Waals surface area contributed by atoms with Gasteiger partial charge in [-0.3, -0.25) is 0 Å². The number of hydrogen-bond donors (Lipinski definition) is 3. The lowest BCUT2D eigenvalue weighted by Crippen LogP contribution is -2.38. The van der Waals surface area contributed by atoms with Crippen LogP contribution in [0.1, 0.15) is 0 Å². The fraction of sp³-hybridized carbons (Fsp3) is 1.00. The van der Waals surface area contributed by atoms with Crippen LogP contribution in [-0.2, 0) is 4.74 Å². The molecule has 16 heavy (non-hydrogen) atoms. The maximum atomic E-state index is 9.63. The van der Waals surface area contributed by atoms with E-state index in [1.165, 1.54) is 0 Å². The number of ether oxygens (including phenoxy) is 1. The molecule has 3 N–H and O–H groups in total. The molecule has 88 valence electrons. The van der Waals surface area contributed by atoms with Crippen molar-refractivity contribution in [2.24, 2.45) is 10.2 Å². The lowest BCUT2D eigenvalue weighted by Gasteiger charge is -2.19. The molecular formula is C6H10N6O4. The zero-order valence-corrected chi connectivity index (χ0v) is 8.03. The summed E-state index contributed by atoms with van der Waals surface area (Å²) in [5.41, 5.74) is 16.4. The summed E-state index contributed by atoms with van der Waals surface area (Å²) in [6.07, 6.45) is -3.93. The molecule has 1 heterocycles. The molecule has 10 nitrogen and oxygen atoms in total. The van der Waals surface area contributed by atoms with Gasteiger partial charge in [-0.1, -0.05) is 10.2 Å². The monoisotopic (exact) mass is 230 g/mol. The zero-order chi connectivity index (χ0) is 12.1. The van der Waals surface area contributed by atoms with E-state index in [1.54, 1.807) is 0 Å². The van der Waals surface area contributed by atoms with Crippen LogP contribution in [0.5, 0.6) is 0 Å². The van der Waals surface area contributed by atoms with E-state index in [-0.39, 0.29) is 0 Å². The van der Waals surface area contributed by atoms with Crippen LogP contribution in [0.4, 0.5) is 0 Å². The highest BCUT2D eigenvalue weighted by Gasteiger charge is 2.45. The second-order valence-corrected chi connectivity index (χ2v) is 3.13. The standard InChI is InChI=1S/C6H10N6O4/c7-11-9-2(1-13)5-4(14)3(10-12-8)6(15)16-5/h2-6,13-15H,1H2/t2-,3?,4+,5-,6-/m1/s1. The Bertz CT molecular complexity index is 338. The first-order valence-corrected chi connectivity index (χ1v) is 4.36. The topological polar surface area (TPSA) is 167 Å². The van der Waals surface area contributed by atoms with E-state index >= 15 is 0 Å². The average molecular weight is 230 g/mol. The van der Waals surface area contributed by atoms with Crippen molar-refractivity contribution in [2.45, 2.75) is 30.6 Å². The van der Waals surface area contributed by atoms with Gasteiger partial charge in [-0.15, -0.1) is 0 Å². The molecule has 0 spiro atoms. The predicted molar refractivity (Wildman–Crippen MR) is 49.8 cm³/mol. The third-order valence-corrected chi connectivity index (χ3v) is 2.23. The minimum atomic E-state index is -1.49. The number of hydrogen-bond acceptors (Lipinski definition) is 6. The molecule has 1 fully saturated rings. The van der Waals surface area contributed by atoms with E-state index in [2.05, 4.69) is 20.1 Å². The zero-order valence-electron chi connectivity index (χ0n) is 8.03. The molecule has 1 rings (SSSR count). The fourth-order valence-corrected chi connectivity index (χ4v) is 1.46. The first kappa shape index (κ1) is 12.5. The summed E-state index contributed by atoms with van der Waals surface area (Å²) in [7, 11) is 0. The van der Waals surface area contributed by atoms with Crippen molar-refractivity contribution in [1.29, 1.82) is 0 Å². The highest BCUT2D eigenvalue weighted by Crippen LogP contribution is 2.26. The minimum absolute atomic E-state index is 0.554. The smallest absolute Gasteiger partial charge is 0.166 e. The predicted octanol–water partition coefficient (Wildman–Crippen LogP) is -0.585. The van der Waals surface area contributed by atoms with Gasteiger partial charge in [-0.25, -0.2) is 0 Å². The lowest BCUT2D eigenvalue weighted by atomic mass is 10.0. The van der Waals surface area contributed by atoms with Crippen LogP contribution >= 0.6 is 0 Å². The summed E-state index contributed by atoms with van der Waals surface area (Å²) in [5, 5.41) is 34.2. The average Bonchev–Trinajstić information content (AvgIpc) is 2.54. The van der Waals surface area contributed by atoms with E-state index < -0.39 is 37.2 Å². The van der Waals surface area contributed by atoms with Crippen molar-refractivity contribution < 1.29 is 20.1 Å². The minimum Gasteiger partial charge on any atom is -0.396 e. The highest BCUT2D eigenvalue weighted by molar-refractivity contribution is 4.97. The molecule has 5 atom stereocenters. The number of aliphatic hydroxyl groups is 3. The Morgan fingerprint density at radius 2 is 2.00 bits per heavy atom. The van der Waals surface area contributed by atoms with Crippen LogP contribution in [0, 0.1) is 0 Å². The molecule has 0 radical (unpaired) electrons. The molecule has 0 amide bonds. The molecule has 0 aromatic carbocycles. The fourth-order valence-electron chi connectivity index (χ4n) is 1.46. The van der Waals surface area contributed by atoms with E-state index in [0.717, 1.165) is 0 Å². The summed E-state index contributed by atoms with van der Waals surface area (Å²) >= 11 is 0. The summed E-state index contributed by atoms with van der Waals surface area (Å²) in [4.78, 5) is 4.91. The first-order valence-electron chi connectivity index (χ1n) is 4.36. The Hall–Kier alpha value is -1.54. The maximum absolute atomic E-state index is 9.63. The highest BCUT2D eigenvalue weighted by atomic mass is 16.6. The summed E-state index contributed by atoms with van der Waals surface area (Å²) in [6.45, 7) is -0.554. The summed E-state index contributed by atoms with van der Waals surface area (Å²) in [5.74, 6) is 0. The van der Waals surface area contributed by atoms with Crippen molar-refractivity contribution >= 4 is 0 Å². The van der Waals surface area contributed by atoms with Crippen molar-refractivity contribution in [2.75, 3.05) is 6.61 Å². The van der Waals surface area contributed by atoms with Crippen molar-refractivity contribution in [1.82, 2.24) is 0 Å². The van der Waals surface area contributed by atoms with E-state index in [0.29, 0.717) is 0 Å². The molecule has 0 aromatic rings. The molecule has 1 aliphatic heterocycles. The SMILES string of the molecule is [N-]=[N+]=NC1[C@H](O)O[C@H]([C@@H](CO)N=[N+]=[N-])[C@H]1O. The molecule has 0 aliphatic carbocycles. The van der Waals surface area contributed by atoms with Crippen LogP contribution in [0.3, 0.4) is 0 Å². The Labute approximate surface area is 89.3 Å². The molecule has 1 unspecified atom stereocenters. The molecule has 10 heteroatoms. The number of nitrogens with zero attached hydrogens (tertiary/aromatic N) is 6. The van der Waals surface area contributed by atoms with Gasteiger partial charge in [0.1, 0.15) is 6.04 Å². The van der Waals surface area contributed by atoms with E-state index in [1.807, 2.05) is 0 Å². The van der Waals surface area contributed by atoms with Gasteiger partial charge < -0.3 is 20.1 Å². The third kappa shape index (κ3) is 2.34. The number of rotatable bonds is 4. The molecule has 0 aromatic heterocycles. The molecular weight excluding hydrogens is 220 g/mol. The second kappa shape index (κ2) is 5.52. The van der Waals surface area contributed by atoms with Crippen LogP contribution in [-0.4, -0.2) is 52.5 Å². The quantitative estimate of drug-likeness (QED) is 0.333. The van der Waals surface area contributed by atoms with Gasteiger partial charge in [0, 0.05) is 9.82 Å². The Morgan fingerprint density at radius 3 is 2.50 bits per heavy atom. The normalized spacial score (nSPS) is 34.9. The number of aliphatic hydroxyl groups excluding tert-OH is 3. The van der Waals surface area contributed by atoms with Gasteiger partial charge in [-0.2, -0.15) is 0 Å². The molecule has 0 bridgehead atoms. The van der Waals surface area contributed by atoms with Crippen LogP contribution in [0.15, 0.2) is 10.2 Å². The van der Waals surface area contributed by atoms with Crippen molar-refractivity contribution in [3.8, 4) is 0 Å². The van der Waals surface area contributed by atoms with Crippen molar-refractivity contribution in [3.63, 3.8) is 0 Å². The van der Waals surface area contributed by atoms with Gasteiger partial charge in [-0.05, 0) is 11.1 Å². The summed E-state index contributed by atoms with van der Waals surface area (Å²) in [6, 6.07) is -2.23. The van der Waals surface area contributed by atoms with E-state index in [4.69, 9.17) is 20.9 Å². The Morgan fingerprint density at radius 1 is 1.31 bits per heavy atom. The molecule has 0 saturated carbocycles. The summed E-state index contributed by atoms with van der Waals surface area (Å²) < 4.78 is 4.86. The van der Waals surface area contributed by atoms with Gasteiger partial charge in [0.2, 0.25) is 0 Å². The van der Waals surface area contributed by atoms with Crippen LogP contribution < -0.4 is 0 Å². The van der Waals surface area contributed by atoms with E-state index in [9.17, 15) is 10.2 Å². The Balaban J connectivity index is 2.84. The third-order valence-electron chi connectivity index (χ3n) is 2.23. The van der Waals surface area contributed by atoms with Gasteiger partial charge in [0.25, 0.3) is 0 Å². The van der Waals surface area contributed by atoms with Crippen LogP contribution in [0.2, 0.25) is 0 Å². The largest absolute Gasteiger partial charge is 0.396 e. The first-order chi connectivity index (χ1) is 7.65. The molecule has 1 saturated heterocycles. The second-order valence-electron chi connectivity index (χ2n) is 3.13.